The molecule has 0 amide bonds. The summed E-state index contributed by atoms with van der Waals surface area (Å²) in [7, 11) is 0. The lowest BCUT2D eigenvalue weighted by molar-refractivity contribution is -0.689. The van der Waals surface area contributed by atoms with E-state index in [-0.39, 0.29) is 5.69 Å². The van der Waals surface area contributed by atoms with Gasteiger partial charge in [-0.25, -0.2) is 4.98 Å². The Bertz CT molecular complexity index is 737. The van der Waals surface area contributed by atoms with E-state index in [4.69, 9.17) is 0 Å². The smallest absolute Gasteiger partial charge is 0.297 e. The number of hydrogen-bond donors (Lipinski definition) is 1. The molecule has 1 N–H and O–H groups in total. The highest BCUT2D eigenvalue weighted by atomic mass is 16.6. The maximum atomic E-state index is 10.9. The molecular weight excluding hydrogens is 244 g/mol. The van der Waals surface area contributed by atoms with Crippen LogP contribution in [0.2, 0.25) is 0 Å². The minimum absolute atomic E-state index is 0.0260. The summed E-state index contributed by atoms with van der Waals surface area (Å²) < 4.78 is 1.95. The molecule has 0 aliphatic carbocycles. The van der Waals surface area contributed by atoms with Crippen LogP contribution in [0.1, 0.15) is 5.82 Å². The van der Waals surface area contributed by atoms with Crippen LogP contribution in [-0.2, 0) is 6.54 Å². The Labute approximate surface area is 108 Å². The SMILES string of the molecule is O=[N+]([O-])c1cccc2[nH]c(C[n+]3ccccc3)nc12. The van der Waals surface area contributed by atoms with Crippen LogP contribution in [0.25, 0.3) is 11.0 Å². The summed E-state index contributed by atoms with van der Waals surface area (Å²) in [5.41, 5.74) is 1.11. The monoisotopic (exact) mass is 255 g/mol. The number of aromatic amines is 1. The van der Waals surface area contributed by atoms with Crippen molar-refractivity contribution in [2.75, 3.05) is 0 Å². The average molecular weight is 255 g/mol. The predicted molar refractivity (Wildman–Crippen MR) is 68.5 cm³/mol. The largest absolute Gasteiger partial charge is 0.336 e. The lowest BCUT2D eigenvalue weighted by atomic mass is 10.3. The number of fused-ring (bicyclic) bond motifs is 1. The highest BCUT2D eigenvalue weighted by Crippen LogP contribution is 2.22. The highest BCUT2D eigenvalue weighted by molar-refractivity contribution is 5.84. The Hall–Kier alpha value is -2.76. The number of pyridine rings is 1. The molecular formula is C13H11N4O2+. The Morgan fingerprint density at radius 3 is 2.74 bits per heavy atom. The molecule has 0 spiro atoms. The number of nitro benzene ring substituents is 1. The molecule has 3 aromatic rings. The zero-order chi connectivity index (χ0) is 13.2. The van der Waals surface area contributed by atoms with Crippen molar-refractivity contribution in [1.29, 1.82) is 0 Å². The van der Waals surface area contributed by atoms with Crippen LogP contribution in [0, 0.1) is 10.1 Å². The van der Waals surface area contributed by atoms with E-state index < -0.39 is 4.92 Å². The lowest BCUT2D eigenvalue weighted by Gasteiger charge is -1.91. The van der Waals surface area contributed by atoms with Crippen LogP contribution in [-0.4, -0.2) is 14.9 Å². The number of nitrogens with zero attached hydrogens (tertiary/aromatic N) is 3. The molecule has 0 saturated carbocycles. The van der Waals surface area contributed by atoms with Crippen LogP contribution >= 0.6 is 0 Å². The first-order chi connectivity index (χ1) is 9.24. The Morgan fingerprint density at radius 2 is 2.00 bits per heavy atom. The molecule has 6 heteroatoms. The summed E-state index contributed by atoms with van der Waals surface area (Å²) in [6, 6.07) is 10.7. The van der Waals surface area contributed by atoms with Gasteiger partial charge in [-0.1, -0.05) is 12.1 Å². The van der Waals surface area contributed by atoms with Gasteiger partial charge in [-0.05, 0) is 6.07 Å². The summed E-state index contributed by atoms with van der Waals surface area (Å²) in [5.74, 6) is 0.695. The van der Waals surface area contributed by atoms with Crippen molar-refractivity contribution in [3.05, 3.63) is 64.7 Å². The summed E-state index contributed by atoms with van der Waals surface area (Å²) in [5, 5.41) is 10.9. The van der Waals surface area contributed by atoms with Gasteiger partial charge < -0.3 is 4.98 Å². The second-order valence-corrected chi connectivity index (χ2v) is 4.16. The third-order valence-electron chi connectivity index (χ3n) is 2.85. The fourth-order valence-corrected chi connectivity index (χ4v) is 2.00. The quantitative estimate of drug-likeness (QED) is 0.440. The number of benzene rings is 1. The van der Waals surface area contributed by atoms with Gasteiger partial charge in [0, 0.05) is 18.2 Å². The molecule has 19 heavy (non-hydrogen) atoms. The molecule has 3 rings (SSSR count). The van der Waals surface area contributed by atoms with E-state index >= 15 is 0 Å². The molecule has 2 aromatic heterocycles. The van der Waals surface area contributed by atoms with Gasteiger partial charge in [0.05, 0.1) is 10.4 Å². The lowest BCUT2D eigenvalue weighted by Crippen LogP contribution is -2.33. The molecule has 0 aliphatic heterocycles. The number of rotatable bonds is 3. The fraction of sp³-hybridized carbons (Fsp3) is 0.0769. The van der Waals surface area contributed by atoms with E-state index in [1.165, 1.54) is 6.07 Å². The van der Waals surface area contributed by atoms with Crippen molar-refractivity contribution in [3.8, 4) is 0 Å². The molecule has 0 fully saturated rings. The summed E-state index contributed by atoms with van der Waals surface area (Å²) in [6.45, 7) is 0.548. The topological polar surface area (TPSA) is 75.7 Å². The van der Waals surface area contributed by atoms with Crippen LogP contribution in [0.3, 0.4) is 0 Å². The van der Waals surface area contributed by atoms with Gasteiger partial charge in [0.25, 0.3) is 5.69 Å². The zero-order valence-electron chi connectivity index (χ0n) is 9.98. The minimum atomic E-state index is -0.414. The van der Waals surface area contributed by atoms with Crippen molar-refractivity contribution in [2.24, 2.45) is 0 Å². The molecule has 94 valence electrons. The third-order valence-corrected chi connectivity index (χ3v) is 2.85. The maximum Gasteiger partial charge on any atom is 0.297 e. The first kappa shape index (κ1) is 11.3. The van der Waals surface area contributed by atoms with Gasteiger partial charge in [-0.2, -0.15) is 4.57 Å². The first-order valence-electron chi connectivity index (χ1n) is 5.80. The number of nitrogens with one attached hydrogen (secondary N) is 1. The summed E-state index contributed by atoms with van der Waals surface area (Å²) in [4.78, 5) is 17.9. The van der Waals surface area contributed by atoms with Crippen molar-refractivity contribution < 1.29 is 9.49 Å². The zero-order valence-corrected chi connectivity index (χ0v) is 9.98. The second kappa shape index (κ2) is 4.49. The number of imidazole rings is 1. The van der Waals surface area contributed by atoms with Gasteiger partial charge in [0.15, 0.2) is 23.7 Å². The Balaban J connectivity index is 2.03. The highest BCUT2D eigenvalue weighted by Gasteiger charge is 2.16. The van der Waals surface area contributed by atoms with E-state index in [9.17, 15) is 10.1 Å². The van der Waals surface area contributed by atoms with Crippen LogP contribution in [0.15, 0.2) is 48.8 Å². The van der Waals surface area contributed by atoms with Crippen molar-refractivity contribution in [3.63, 3.8) is 0 Å². The standard InChI is InChI=1S/C13H11N4O2/c18-17(19)11-6-4-5-10-13(11)15-12(14-10)9-16-7-2-1-3-8-16/h1-8H,9H2,(H,14,15)/q+1. The maximum absolute atomic E-state index is 10.9. The fourth-order valence-electron chi connectivity index (χ4n) is 2.00. The van der Waals surface area contributed by atoms with Gasteiger partial charge >= 0.3 is 0 Å². The number of hydrogen-bond acceptors (Lipinski definition) is 3. The van der Waals surface area contributed by atoms with Gasteiger partial charge in [0.1, 0.15) is 0 Å². The van der Waals surface area contributed by atoms with Crippen molar-refractivity contribution in [2.45, 2.75) is 6.54 Å². The van der Waals surface area contributed by atoms with Gasteiger partial charge in [-0.15, -0.1) is 0 Å². The molecule has 0 aliphatic rings. The number of H-pyrrole nitrogens is 1. The molecule has 1 aromatic carbocycles. The van der Waals surface area contributed by atoms with Gasteiger partial charge in [0.2, 0.25) is 6.54 Å². The molecule has 0 radical (unpaired) electrons. The normalized spacial score (nSPS) is 10.7. The molecule has 0 unspecified atom stereocenters. The molecule has 2 heterocycles. The summed E-state index contributed by atoms with van der Waals surface area (Å²) in [6.07, 6.45) is 3.84. The second-order valence-electron chi connectivity index (χ2n) is 4.16. The number of nitro groups is 1. The molecule has 6 nitrogen and oxygen atoms in total. The third kappa shape index (κ3) is 2.15. The van der Waals surface area contributed by atoms with Crippen molar-refractivity contribution >= 4 is 16.7 Å². The number of para-hydroxylation sites is 1. The van der Waals surface area contributed by atoms with E-state index in [0.29, 0.717) is 23.4 Å². The Morgan fingerprint density at radius 1 is 1.21 bits per heavy atom. The van der Waals surface area contributed by atoms with E-state index in [1.54, 1.807) is 12.1 Å². The summed E-state index contributed by atoms with van der Waals surface area (Å²) >= 11 is 0. The van der Waals surface area contributed by atoms with Crippen LogP contribution in [0.4, 0.5) is 5.69 Å². The van der Waals surface area contributed by atoms with Crippen molar-refractivity contribution in [1.82, 2.24) is 9.97 Å². The predicted octanol–water partition coefficient (Wildman–Crippen LogP) is 1.81. The number of aromatic nitrogens is 3. The molecule has 0 atom stereocenters. The Kier molecular flexibility index (Phi) is 2.68. The first-order valence-corrected chi connectivity index (χ1v) is 5.80. The average Bonchev–Trinajstić information content (AvgIpc) is 2.81. The number of non-ortho nitro benzene ring substituents is 1. The van der Waals surface area contributed by atoms with Gasteiger partial charge in [-0.3, -0.25) is 10.1 Å². The molecule has 0 bridgehead atoms. The van der Waals surface area contributed by atoms with Crippen LogP contribution < -0.4 is 4.57 Å². The van der Waals surface area contributed by atoms with Crippen LogP contribution in [0.5, 0.6) is 0 Å². The van der Waals surface area contributed by atoms with E-state index in [0.717, 1.165) is 0 Å². The van der Waals surface area contributed by atoms with E-state index in [2.05, 4.69) is 9.97 Å². The molecule has 0 saturated heterocycles. The minimum Gasteiger partial charge on any atom is -0.336 e. The van der Waals surface area contributed by atoms with E-state index in [1.807, 2.05) is 35.2 Å².